The Morgan fingerprint density at radius 3 is 2.57 bits per heavy atom. The van der Waals surface area contributed by atoms with Crippen molar-refractivity contribution in [2.45, 2.75) is 77.4 Å². The third-order valence-corrected chi connectivity index (χ3v) is 7.58. The summed E-state index contributed by atoms with van der Waals surface area (Å²) in [7, 11) is 0. The van der Waals surface area contributed by atoms with Crippen molar-refractivity contribution in [2.75, 3.05) is 6.61 Å². The lowest BCUT2D eigenvalue weighted by atomic mass is 9.70. The van der Waals surface area contributed by atoms with Crippen LogP contribution in [0.5, 0.6) is 0 Å². The molecule has 3 saturated carbocycles. The molecular formula is C18H30N2O. The first-order valence-corrected chi connectivity index (χ1v) is 8.65. The van der Waals surface area contributed by atoms with Crippen LogP contribution in [0.4, 0.5) is 0 Å². The van der Waals surface area contributed by atoms with Crippen LogP contribution < -0.4 is 5.73 Å². The number of hydrogen-bond acceptors (Lipinski definition) is 3. The van der Waals surface area contributed by atoms with Crippen LogP contribution in [0.25, 0.3) is 0 Å². The predicted octanol–water partition coefficient (Wildman–Crippen LogP) is 3.63. The van der Waals surface area contributed by atoms with Gasteiger partial charge in [-0.05, 0) is 61.2 Å². The number of nitriles is 1. The van der Waals surface area contributed by atoms with Crippen LogP contribution in [0, 0.1) is 34.0 Å². The van der Waals surface area contributed by atoms with Gasteiger partial charge in [-0.2, -0.15) is 5.26 Å². The summed E-state index contributed by atoms with van der Waals surface area (Å²) < 4.78 is 6.31. The maximum Gasteiger partial charge on any atom is 0.107 e. The van der Waals surface area contributed by atoms with E-state index in [1.807, 2.05) is 0 Å². The zero-order chi connectivity index (χ0) is 15.3. The fourth-order valence-electron chi connectivity index (χ4n) is 5.39. The lowest BCUT2D eigenvalue weighted by Crippen LogP contribution is -2.42. The van der Waals surface area contributed by atoms with Crippen molar-refractivity contribution in [1.29, 1.82) is 5.26 Å². The molecule has 0 spiro atoms. The van der Waals surface area contributed by atoms with Gasteiger partial charge < -0.3 is 10.5 Å². The van der Waals surface area contributed by atoms with E-state index in [4.69, 9.17) is 10.5 Å². The summed E-state index contributed by atoms with van der Waals surface area (Å²) in [6, 6.07) is 2.34. The number of hydrogen-bond donors (Lipinski definition) is 1. The zero-order valence-electron chi connectivity index (χ0n) is 13.8. The molecule has 0 heterocycles. The number of nitrogens with zero attached hydrogens (tertiary/aromatic N) is 1. The average molecular weight is 290 g/mol. The van der Waals surface area contributed by atoms with Crippen LogP contribution in [-0.2, 0) is 4.74 Å². The van der Waals surface area contributed by atoms with Gasteiger partial charge in [0, 0.05) is 6.61 Å². The minimum absolute atomic E-state index is 0.321. The maximum atomic E-state index is 9.29. The smallest absolute Gasteiger partial charge is 0.107 e. The van der Waals surface area contributed by atoms with E-state index in [2.05, 4.69) is 26.8 Å². The Morgan fingerprint density at radius 1 is 1.24 bits per heavy atom. The average Bonchev–Trinajstić information content (AvgIpc) is 2.98. The standard InChI is InChI=1S/C18H30N2O/c1-16(2)14-6-9-17(16,3)15(11-14)21-10-7-13-5-4-8-18(13,20)12-19/h13-15H,4-11,20H2,1-3H3. The maximum absolute atomic E-state index is 9.29. The van der Waals surface area contributed by atoms with E-state index >= 15 is 0 Å². The molecular weight excluding hydrogens is 260 g/mol. The Morgan fingerprint density at radius 2 is 2.00 bits per heavy atom. The molecule has 3 rings (SSSR count). The molecule has 2 bridgehead atoms. The minimum Gasteiger partial charge on any atom is -0.378 e. The molecule has 0 saturated heterocycles. The van der Waals surface area contributed by atoms with Crippen molar-refractivity contribution >= 4 is 0 Å². The summed E-state index contributed by atoms with van der Waals surface area (Å²) in [5.74, 6) is 1.15. The Hall–Kier alpha value is -0.590. The summed E-state index contributed by atoms with van der Waals surface area (Å²) in [5, 5.41) is 9.29. The van der Waals surface area contributed by atoms with Crippen molar-refractivity contribution in [3.05, 3.63) is 0 Å². The lowest BCUT2D eigenvalue weighted by molar-refractivity contribution is -0.0510. The van der Waals surface area contributed by atoms with Gasteiger partial charge >= 0.3 is 0 Å². The summed E-state index contributed by atoms with van der Waals surface area (Å²) >= 11 is 0. The summed E-state index contributed by atoms with van der Waals surface area (Å²) in [6.45, 7) is 8.04. The van der Waals surface area contributed by atoms with E-state index in [0.29, 0.717) is 22.9 Å². The van der Waals surface area contributed by atoms with Crippen LogP contribution in [0.1, 0.15) is 65.7 Å². The normalized spacial score (nSPS) is 47.7. The Kier molecular flexibility index (Phi) is 3.62. The SMILES string of the molecule is CC1(C)C2CCC1(C)C(OCCC1CCCC1(N)C#N)C2. The van der Waals surface area contributed by atoms with E-state index < -0.39 is 5.54 Å². The molecule has 3 nitrogen and oxygen atoms in total. The fourth-order valence-corrected chi connectivity index (χ4v) is 5.39. The quantitative estimate of drug-likeness (QED) is 0.860. The first kappa shape index (κ1) is 15.3. The monoisotopic (exact) mass is 290 g/mol. The fraction of sp³-hybridized carbons (Fsp3) is 0.944. The molecule has 0 aromatic rings. The summed E-state index contributed by atoms with van der Waals surface area (Å²) in [4.78, 5) is 0. The van der Waals surface area contributed by atoms with Gasteiger partial charge in [0.25, 0.3) is 0 Å². The van der Waals surface area contributed by atoms with Gasteiger partial charge in [0.2, 0.25) is 0 Å². The van der Waals surface area contributed by atoms with Gasteiger partial charge in [-0.3, -0.25) is 0 Å². The molecule has 3 aliphatic carbocycles. The van der Waals surface area contributed by atoms with Gasteiger partial charge in [-0.1, -0.05) is 27.2 Å². The van der Waals surface area contributed by atoms with Gasteiger partial charge in [-0.15, -0.1) is 0 Å². The molecule has 3 fully saturated rings. The second-order valence-electron chi connectivity index (χ2n) is 8.50. The van der Waals surface area contributed by atoms with E-state index in [1.54, 1.807) is 0 Å². The first-order chi connectivity index (χ1) is 9.83. The van der Waals surface area contributed by atoms with E-state index in [-0.39, 0.29) is 0 Å². The second kappa shape index (κ2) is 4.96. The summed E-state index contributed by atoms with van der Waals surface area (Å²) in [5.41, 5.74) is 6.36. The van der Waals surface area contributed by atoms with Crippen LogP contribution in [0.3, 0.4) is 0 Å². The number of ether oxygens (including phenoxy) is 1. The molecule has 0 aromatic carbocycles. The number of rotatable bonds is 4. The number of fused-ring (bicyclic) bond motifs is 2. The highest BCUT2D eigenvalue weighted by atomic mass is 16.5. The van der Waals surface area contributed by atoms with Gasteiger partial charge in [0.05, 0.1) is 12.2 Å². The van der Waals surface area contributed by atoms with Crippen molar-refractivity contribution in [1.82, 2.24) is 0 Å². The van der Waals surface area contributed by atoms with Crippen LogP contribution >= 0.6 is 0 Å². The summed E-state index contributed by atoms with van der Waals surface area (Å²) in [6.07, 6.45) is 8.27. The Balaban J connectivity index is 1.55. The highest BCUT2D eigenvalue weighted by Gasteiger charge is 2.61. The Bertz CT molecular complexity index is 455. The molecule has 0 aromatic heterocycles. The minimum atomic E-state index is -0.596. The molecule has 21 heavy (non-hydrogen) atoms. The zero-order valence-corrected chi connectivity index (χ0v) is 13.8. The first-order valence-electron chi connectivity index (χ1n) is 8.65. The van der Waals surface area contributed by atoms with Crippen molar-refractivity contribution in [2.24, 2.45) is 28.4 Å². The third-order valence-electron chi connectivity index (χ3n) is 7.58. The molecule has 0 radical (unpaired) electrons. The molecule has 118 valence electrons. The van der Waals surface area contributed by atoms with Crippen molar-refractivity contribution in [3.63, 3.8) is 0 Å². The third kappa shape index (κ3) is 2.14. The van der Waals surface area contributed by atoms with Gasteiger partial charge in [-0.25, -0.2) is 0 Å². The number of nitrogens with two attached hydrogens (primary N) is 1. The molecule has 2 N–H and O–H groups in total. The molecule has 0 amide bonds. The second-order valence-corrected chi connectivity index (χ2v) is 8.50. The van der Waals surface area contributed by atoms with Crippen molar-refractivity contribution < 1.29 is 4.74 Å². The molecule has 3 heteroatoms. The topological polar surface area (TPSA) is 59.0 Å². The van der Waals surface area contributed by atoms with Crippen LogP contribution in [0.2, 0.25) is 0 Å². The molecule has 0 aliphatic heterocycles. The highest BCUT2D eigenvalue weighted by Crippen LogP contribution is 2.66. The lowest BCUT2D eigenvalue weighted by Gasteiger charge is -2.39. The van der Waals surface area contributed by atoms with Crippen molar-refractivity contribution in [3.8, 4) is 6.07 Å². The van der Waals surface area contributed by atoms with Gasteiger partial charge in [0.1, 0.15) is 5.54 Å². The van der Waals surface area contributed by atoms with E-state index in [9.17, 15) is 5.26 Å². The predicted molar refractivity (Wildman–Crippen MR) is 83.5 cm³/mol. The van der Waals surface area contributed by atoms with Crippen LogP contribution in [0.15, 0.2) is 0 Å². The van der Waals surface area contributed by atoms with E-state index in [1.165, 1.54) is 19.3 Å². The molecule has 5 unspecified atom stereocenters. The van der Waals surface area contributed by atoms with Gasteiger partial charge in [0.15, 0.2) is 0 Å². The molecule has 3 aliphatic rings. The largest absolute Gasteiger partial charge is 0.378 e. The highest BCUT2D eigenvalue weighted by molar-refractivity contribution is 5.12. The van der Waals surface area contributed by atoms with E-state index in [0.717, 1.165) is 38.2 Å². The molecule has 5 atom stereocenters. The van der Waals surface area contributed by atoms with Crippen LogP contribution in [-0.4, -0.2) is 18.2 Å². The Labute approximate surface area is 129 Å².